The third kappa shape index (κ3) is 4.19. The molecule has 3 aliphatic rings. The Labute approximate surface area is 128 Å². The fourth-order valence-electron chi connectivity index (χ4n) is 4.05. The molecule has 2 aliphatic carbocycles. The number of hydrogen-bond donors (Lipinski definition) is 1. The summed E-state index contributed by atoms with van der Waals surface area (Å²) < 4.78 is 17.6. The van der Waals surface area contributed by atoms with Gasteiger partial charge in [-0.05, 0) is 31.6 Å². The molecule has 2 atom stereocenters. The van der Waals surface area contributed by atoms with Crippen molar-refractivity contribution in [3.63, 3.8) is 0 Å². The van der Waals surface area contributed by atoms with Crippen LogP contribution < -0.4 is 5.32 Å². The van der Waals surface area contributed by atoms with E-state index in [-0.39, 0.29) is 5.79 Å². The monoisotopic (exact) mass is 297 g/mol. The number of rotatable bonds is 5. The fourth-order valence-corrected chi connectivity index (χ4v) is 4.05. The second kappa shape index (κ2) is 7.40. The minimum atomic E-state index is -0.230. The summed E-state index contributed by atoms with van der Waals surface area (Å²) >= 11 is 0. The largest absolute Gasteiger partial charge is 0.377 e. The van der Waals surface area contributed by atoms with Crippen LogP contribution in [0, 0.1) is 5.92 Å². The van der Waals surface area contributed by atoms with Crippen LogP contribution in [0.3, 0.4) is 0 Å². The van der Waals surface area contributed by atoms with Crippen molar-refractivity contribution in [2.24, 2.45) is 5.92 Å². The molecule has 1 N–H and O–H groups in total. The number of ether oxygens (including phenoxy) is 3. The molecule has 21 heavy (non-hydrogen) atoms. The molecule has 1 spiro atoms. The van der Waals surface area contributed by atoms with E-state index in [1.807, 2.05) is 0 Å². The van der Waals surface area contributed by atoms with E-state index in [9.17, 15) is 0 Å². The van der Waals surface area contributed by atoms with Crippen LogP contribution in [-0.4, -0.2) is 44.3 Å². The Morgan fingerprint density at radius 1 is 1.05 bits per heavy atom. The van der Waals surface area contributed by atoms with Gasteiger partial charge in [-0.1, -0.05) is 19.8 Å². The molecule has 1 saturated heterocycles. The predicted octanol–water partition coefficient (Wildman–Crippen LogP) is 2.86. The quantitative estimate of drug-likeness (QED) is 0.792. The van der Waals surface area contributed by atoms with E-state index >= 15 is 0 Å². The Hall–Kier alpha value is -0.160. The predicted molar refractivity (Wildman–Crippen MR) is 82.3 cm³/mol. The zero-order chi connectivity index (χ0) is 14.5. The minimum absolute atomic E-state index is 0.230. The number of hydrogen-bond acceptors (Lipinski definition) is 4. The summed E-state index contributed by atoms with van der Waals surface area (Å²) in [5, 5.41) is 3.65. The molecule has 1 aliphatic heterocycles. The highest BCUT2D eigenvalue weighted by Gasteiger charge is 2.40. The summed E-state index contributed by atoms with van der Waals surface area (Å²) in [4.78, 5) is 0. The van der Waals surface area contributed by atoms with Gasteiger partial charge < -0.3 is 19.5 Å². The minimum Gasteiger partial charge on any atom is -0.377 e. The Balaban J connectivity index is 1.28. The average Bonchev–Trinajstić information content (AvgIpc) is 2.96. The smallest absolute Gasteiger partial charge is 0.168 e. The van der Waals surface area contributed by atoms with Crippen LogP contribution in [0.1, 0.15) is 58.3 Å². The third-order valence-corrected chi connectivity index (χ3v) is 5.46. The maximum Gasteiger partial charge on any atom is 0.168 e. The summed E-state index contributed by atoms with van der Waals surface area (Å²) in [5.41, 5.74) is 0. The first-order valence-electron chi connectivity index (χ1n) is 8.90. The molecule has 1 heterocycles. The van der Waals surface area contributed by atoms with E-state index in [1.165, 1.54) is 25.7 Å². The Morgan fingerprint density at radius 3 is 2.48 bits per heavy atom. The van der Waals surface area contributed by atoms with E-state index in [1.54, 1.807) is 0 Å². The van der Waals surface area contributed by atoms with Crippen LogP contribution >= 0.6 is 0 Å². The van der Waals surface area contributed by atoms with Crippen molar-refractivity contribution in [1.29, 1.82) is 0 Å². The summed E-state index contributed by atoms with van der Waals surface area (Å²) in [7, 11) is 0. The van der Waals surface area contributed by atoms with Gasteiger partial charge in [-0.3, -0.25) is 0 Å². The van der Waals surface area contributed by atoms with Crippen molar-refractivity contribution < 1.29 is 14.2 Å². The van der Waals surface area contributed by atoms with Crippen LogP contribution in [0.15, 0.2) is 0 Å². The van der Waals surface area contributed by atoms with Gasteiger partial charge in [0.1, 0.15) is 0 Å². The lowest BCUT2D eigenvalue weighted by Gasteiger charge is -2.36. The lowest BCUT2D eigenvalue weighted by atomic mass is 9.88. The SMILES string of the molecule is C[C@@H]1CCCC[C@H]1OCCNC1CCC2(CC1)OCCO2. The molecule has 0 aromatic carbocycles. The van der Waals surface area contributed by atoms with Gasteiger partial charge in [-0.15, -0.1) is 0 Å². The fraction of sp³-hybridized carbons (Fsp3) is 1.00. The van der Waals surface area contributed by atoms with Gasteiger partial charge in [-0.2, -0.15) is 0 Å². The van der Waals surface area contributed by atoms with E-state index in [2.05, 4.69) is 12.2 Å². The lowest BCUT2D eigenvalue weighted by Crippen LogP contribution is -2.43. The normalized spacial score (nSPS) is 33.6. The van der Waals surface area contributed by atoms with E-state index in [0.29, 0.717) is 12.1 Å². The van der Waals surface area contributed by atoms with Crippen molar-refractivity contribution in [2.45, 2.75) is 76.2 Å². The molecule has 0 amide bonds. The number of nitrogens with one attached hydrogen (secondary N) is 1. The molecule has 3 rings (SSSR count). The first kappa shape index (κ1) is 15.7. The second-order valence-electron chi connectivity index (χ2n) is 7.01. The van der Waals surface area contributed by atoms with Crippen molar-refractivity contribution in [2.75, 3.05) is 26.4 Å². The van der Waals surface area contributed by atoms with Gasteiger partial charge in [-0.25, -0.2) is 0 Å². The van der Waals surface area contributed by atoms with Gasteiger partial charge >= 0.3 is 0 Å². The molecule has 0 bridgehead atoms. The summed E-state index contributed by atoms with van der Waals surface area (Å²) in [6.45, 7) is 5.70. The van der Waals surface area contributed by atoms with Crippen LogP contribution in [0.2, 0.25) is 0 Å². The molecule has 0 radical (unpaired) electrons. The molecule has 3 fully saturated rings. The van der Waals surface area contributed by atoms with Crippen molar-refractivity contribution in [3.05, 3.63) is 0 Å². The van der Waals surface area contributed by atoms with Crippen LogP contribution in [-0.2, 0) is 14.2 Å². The maximum absolute atomic E-state index is 6.07. The topological polar surface area (TPSA) is 39.7 Å². The highest BCUT2D eigenvalue weighted by atomic mass is 16.7. The molecule has 0 unspecified atom stereocenters. The molecule has 4 nitrogen and oxygen atoms in total. The lowest BCUT2D eigenvalue weighted by molar-refractivity contribution is -0.179. The summed E-state index contributed by atoms with van der Waals surface area (Å²) in [5.74, 6) is 0.511. The average molecular weight is 297 g/mol. The standard InChI is InChI=1S/C17H31NO3/c1-14-4-2-3-5-16(14)19-11-10-18-15-6-8-17(9-7-15)20-12-13-21-17/h14-16,18H,2-13H2,1H3/t14-,16-/m1/s1. The zero-order valence-corrected chi connectivity index (χ0v) is 13.4. The van der Waals surface area contributed by atoms with E-state index < -0.39 is 0 Å². The van der Waals surface area contributed by atoms with Gasteiger partial charge in [0.2, 0.25) is 0 Å². The van der Waals surface area contributed by atoms with Gasteiger partial charge in [0.15, 0.2) is 5.79 Å². The highest BCUT2D eigenvalue weighted by Crippen LogP contribution is 2.35. The second-order valence-corrected chi connectivity index (χ2v) is 7.01. The molecule has 2 saturated carbocycles. The van der Waals surface area contributed by atoms with Crippen LogP contribution in [0.4, 0.5) is 0 Å². The van der Waals surface area contributed by atoms with Gasteiger partial charge in [0.25, 0.3) is 0 Å². The molecular weight excluding hydrogens is 266 g/mol. The first-order chi connectivity index (χ1) is 10.3. The Kier molecular flexibility index (Phi) is 5.54. The highest BCUT2D eigenvalue weighted by molar-refractivity contribution is 4.85. The van der Waals surface area contributed by atoms with Crippen LogP contribution in [0.5, 0.6) is 0 Å². The van der Waals surface area contributed by atoms with Crippen molar-refractivity contribution in [1.82, 2.24) is 5.32 Å². The van der Waals surface area contributed by atoms with Gasteiger partial charge in [0.05, 0.1) is 25.9 Å². The summed E-state index contributed by atoms with van der Waals surface area (Å²) in [6.07, 6.45) is 10.2. The molecular formula is C17H31NO3. The molecule has 0 aromatic heterocycles. The Bertz CT molecular complexity index is 307. The summed E-state index contributed by atoms with van der Waals surface area (Å²) in [6, 6.07) is 0.607. The van der Waals surface area contributed by atoms with Crippen LogP contribution in [0.25, 0.3) is 0 Å². The van der Waals surface area contributed by atoms with E-state index in [0.717, 1.165) is 58.0 Å². The van der Waals surface area contributed by atoms with E-state index in [4.69, 9.17) is 14.2 Å². The molecule has 122 valence electrons. The first-order valence-corrected chi connectivity index (χ1v) is 8.90. The third-order valence-electron chi connectivity index (χ3n) is 5.46. The zero-order valence-electron chi connectivity index (χ0n) is 13.4. The Morgan fingerprint density at radius 2 is 1.76 bits per heavy atom. The van der Waals surface area contributed by atoms with Crippen molar-refractivity contribution >= 4 is 0 Å². The van der Waals surface area contributed by atoms with Crippen molar-refractivity contribution in [3.8, 4) is 0 Å². The molecule has 0 aromatic rings. The molecule has 4 heteroatoms. The van der Waals surface area contributed by atoms with Gasteiger partial charge in [0, 0.05) is 25.4 Å². The maximum atomic E-state index is 6.07.